The molecule has 0 aromatic carbocycles. The Bertz CT molecular complexity index is 588. The molecule has 1 saturated carbocycles. The molecule has 0 aliphatic heterocycles. The summed E-state index contributed by atoms with van der Waals surface area (Å²) in [5.41, 5.74) is -0.957. The van der Waals surface area contributed by atoms with E-state index in [-0.39, 0.29) is 11.6 Å². The van der Waals surface area contributed by atoms with Crippen LogP contribution in [0.3, 0.4) is 0 Å². The zero-order valence-electron chi connectivity index (χ0n) is 9.98. The molecule has 0 bridgehead atoms. The monoisotopic (exact) mass is 271 g/mol. The summed E-state index contributed by atoms with van der Waals surface area (Å²) in [6, 6.07) is 0.967. The molecular weight excluding hydrogens is 259 g/mol. The number of rotatable bonds is 4. The number of anilines is 1. The minimum atomic E-state index is -4.49. The predicted octanol–water partition coefficient (Wildman–Crippen LogP) is 2.36. The van der Waals surface area contributed by atoms with Gasteiger partial charge in [0.25, 0.3) is 5.78 Å². The van der Waals surface area contributed by atoms with Crippen LogP contribution in [-0.4, -0.2) is 26.1 Å². The molecule has 0 amide bonds. The highest BCUT2D eigenvalue weighted by Crippen LogP contribution is 2.32. The van der Waals surface area contributed by atoms with Crippen LogP contribution in [0, 0.1) is 5.92 Å². The van der Waals surface area contributed by atoms with Gasteiger partial charge in [0.1, 0.15) is 12.1 Å². The van der Waals surface area contributed by atoms with Crippen molar-refractivity contribution in [2.75, 3.05) is 11.9 Å². The summed E-state index contributed by atoms with van der Waals surface area (Å²) in [5, 5.41) is 6.85. The third-order valence-electron chi connectivity index (χ3n) is 3.10. The first kappa shape index (κ1) is 12.2. The smallest absolute Gasteiger partial charge is 0.370 e. The third kappa shape index (κ3) is 2.61. The second-order valence-electron chi connectivity index (χ2n) is 4.66. The zero-order chi connectivity index (χ0) is 13.5. The lowest BCUT2D eigenvalue weighted by atomic mass is 10.3. The molecule has 19 heavy (non-hydrogen) atoms. The molecule has 0 radical (unpaired) electrons. The van der Waals surface area contributed by atoms with Crippen LogP contribution < -0.4 is 5.32 Å². The molecule has 0 saturated heterocycles. The predicted molar refractivity (Wildman–Crippen MR) is 61.6 cm³/mol. The highest BCUT2D eigenvalue weighted by Gasteiger charge is 2.34. The van der Waals surface area contributed by atoms with Gasteiger partial charge in [-0.25, -0.2) is 4.98 Å². The number of nitrogens with zero attached hydrogens (tertiary/aromatic N) is 4. The van der Waals surface area contributed by atoms with Crippen LogP contribution in [0.15, 0.2) is 12.4 Å². The van der Waals surface area contributed by atoms with Crippen molar-refractivity contribution in [3.05, 3.63) is 18.1 Å². The van der Waals surface area contributed by atoms with Gasteiger partial charge in [0.2, 0.25) is 0 Å². The Balaban J connectivity index is 1.88. The van der Waals surface area contributed by atoms with Crippen molar-refractivity contribution in [1.29, 1.82) is 0 Å². The van der Waals surface area contributed by atoms with E-state index in [4.69, 9.17) is 0 Å². The standard InChI is InChI=1S/C11H12F3N5/c12-11(13,14)8-5-9(15-4-3-7-1-2-7)19-10(18-8)16-6-17-19/h5-7,15H,1-4H2. The molecule has 1 aliphatic rings. The third-order valence-corrected chi connectivity index (χ3v) is 3.10. The summed E-state index contributed by atoms with van der Waals surface area (Å²) < 4.78 is 39.4. The quantitative estimate of drug-likeness (QED) is 0.927. The molecule has 1 N–H and O–H groups in total. The van der Waals surface area contributed by atoms with E-state index in [1.165, 1.54) is 23.7 Å². The van der Waals surface area contributed by atoms with Crippen LogP contribution in [0.2, 0.25) is 0 Å². The maximum Gasteiger partial charge on any atom is 0.433 e. The molecule has 0 spiro atoms. The summed E-state index contributed by atoms with van der Waals surface area (Å²) in [4.78, 5) is 7.16. The van der Waals surface area contributed by atoms with E-state index < -0.39 is 11.9 Å². The molecule has 2 aromatic heterocycles. The van der Waals surface area contributed by atoms with Crippen molar-refractivity contribution in [3.63, 3.8) is 0 Å². The van der Waals surface area contributed by atoms with Crippen LogP contribution in [0.4, 0.5) is 19.0 Å². The number of hydrogen-bond acceptors (Lipinski definition) is 4. The lowest BCUT2D eigenvalue weighted by Gasteiger charge is -2.11. The molecule has 0 atom stereocenters. The van der Waals surface area contributed by atoms with E-state index in [0.29, 0.717) is 12.5 Å². The maximum atomic E-state index is 12.7. The molecule has 102 valence electrons. The summed E-state index contributed by atoms with van der Waals surface area (Å²) in [7, 11) is 0. The van der Waals surface area contributed by atoms with Crippen LogP contribution in [0.1, 0.15) is 25.0 Å². The summed E-state index contributed by atoms with van der Waals surface area (Å²) in [5.74, 6) is 0.932. The Kier molecular flexibility index (Phi) is 2.79. The van der Waals surface area contributed by atoms with Gasteiger partial charge in [-0.15, -0.1) is 0 Å². The number of hydrogen-bond donors (Lipinski definition) is 1. The number of halogens is 3. The van der Waals surface area contributed by atoms with Crippen molar-refractivity contribution in [3.8, 4) is 0 Å². The molecule has 2 aromatic rings. The molecule has 1 aliphatic carbocycles. The minimum absolute atomic E-state index is 0.0521. The SMILES string of the molecule is FC(F)(F)c1cc(NCCC2CC2)n2ncnc2n1. The van der Waals surface area contributed by atoms with Crippen molar-refractivity contribution >= 4 is 11.6 Å². The van der Waals surface area contributed by atoms with Gasteiger partial charge >= 0.3 is 6.18 Å². The van der Waals surface area contributed by atoms with Gasteiger partial charge in [-0.1, -0.05) is 12.8 Å². The lowest BCUT2D eigenvalue weighted by molar-refractivity contribution is -0.141. The van der Waals surface area contributed by atoms with E-state index in [9.17, 15) is 13.2 Å². The topological polar surface area (TPSA) is 55.1 Å². The molecule has 0 unspecified atom stereocenters. The second-order valence-corrected chi connectivity index (χ2v) is 4.66. The molecule has 5 nitrogen and oxygen atoms in total. The molecular formula is C11H12F3N5. The minimum Gasteiger partial charge on any atom is -0.370 e. The van der Waals surface area contributed by atoms with Gasteiger partial charge in [0.15, 0.2) is 5.69 Å². The van der Waals surface area contributed by atoms with Crippen LogP contribution in [-0.2, 0) is 6.18 Å². The molecule has 3 rings (SSSR count). The normalized spacial score (nSPS) is 15.9. The van der Waals surface area contributed by atoms with Crippen LogP contribution in [0.25, 0.3) is 5.78 Å². The van der Waals surface area contributed by atoms with E-state index in [1.807, 2.05) is 0 Å². The maximum absolute atomic E-state index is 12.7. The Labute approximate surface area is 106 Å². The second kappa shape index (κ2) is 4.36. The van der Waals surface area contributed by atoms with Gasteiger partial charge < -0.3 is 5.32 Å². The van der Waals surface area contributed by atoms with Crippen LogP contribution >= 0.6 is 0 Å². The van der Waals surface area contributed by atoms with E-state index in [0.717, 1.165) is 12.5 Å². The number of alkyl halides is 3. The average Bonchev–Trinajstić information content (AvgIpc) is 3.03. The Morgan fingerprint density at radius 1 is 1.37 bits per heavy atom. The van der Waals surface area contributed by atoms with Gasteiger partial charge in [0.05, 0.1) is 0 Å². The molecule has 1 fully saturated rings. The molecule has 8 heteroatoms. The summed E-state index contributed by atoms with van der Waals surface area (Å²) >= 11 is 0. The number of aromatic nitrogens is 4. The Hall–Kier alpha value is -1.86. The first-order chi connectivity index (χ1) is 9.04. The highest BCUT2D eigenvalue weighted by molar-refractivity contribution is 5.45. The van der Waals surface area contributed by atoms with Gasteiger partial charge in [-0.05, 0) is 12.3 Å². The van der Waals surface area contributed by atoms with E-state index >= 15 is 0 Å². The highest BCUT2D eigenvalue weighted by atomic mass is 19.4. The first-order valence-electron chi connectivity index (χ1n) is 6.06. The van der Waals surface area contributed by atoms with Crippen molar-refractivity contribution in [2.45, 2.75) is 25.4 Å². The van der Waals surface area contributed by atoms with Crippen molar-refractivity contribution in [2.24, 2.45) is 5.92 Å². The van der Waals surface area contributed by atoms with Crippen LogP contribution in [0.5, 0.6) is 0 Å². The van der Waals surface area contributed by atoms with Crippen molar-refractivity contribution < 1.29 is 13.2 Å². The first-order valence-corrected chi connectivity index (χ1v) is 6.06. The number of fused-ring (bicyclic) bond motifs is 1. The average molecular weight is 271 g/mol. The van der Waals surface area contributed by atoms with Crippen molar-refractivity contribution in [1.82, 2.24) is 19.6 Å². The Morgan fingerprint density at radius 2 is 2.16 bits per heavy atom. The Morgan fingerprint density at radius 3 is 2.84 bits per heavy atom. The summed E-state index contributed by atoms with van der Waals surface area (Å²) in [6.07, 6.45) is 0.0875. The zero-order valence-corrected chi connectivity index (χ0v) is 9.98. The number of nitrogens with one attached hydrogen (secondary N) is 1. The van der Waals surface area contributed by atoms with Gasteiger partial charge in [0, 0.05) is 12.6 Å². The van der Waals surface area contributed by atoms with E-state index in [1.54, 1.807) is 0 Å². The summed E-state index contributed by atoms with van der Waals surface area (Å²) in [6.45, 7) is 0.626. The largest absolute Gasteiger partial charge is 0.433 e. The van der Waals surface area contributed by atoms with E-state index in [2.05, 4.69) is 20.4 Å². The van der Waals surface area contributed by atoms with Gasteiger partial charge in [-0.2, -0.15) is 27.8 Å². The lowest BCUT2D eigenvalue weighted by Crippen LogP contribution is -2.14. The van der Waals surface area contributed by atoms with Gasteiger partial charge in [-0.3, -0.25) is 0 Å². The fraction of sp³-hybridized carbons (Fsp3) is 0.545. The molecule has 2 heterocycles. The fourth-order valence-corrected chi connectivity index (χ4v) is 1.89. The fourth-order valence-electron chi connectivity index (χ4n) is 1.89.